The lowest BCUT2D eigenvalue weighted by atomic mass is 9.97. The standard InChI is InChI=1S/C20H35N5S.HI/c1-3-9-23-10-7-18(8-11-23)17-22-20(21-4-2)25-14-12-24(13-15-25)19-6-5-16-26-19;/h5-6,16,18H,3-4,7-15,17H2,1-2H3,(H,21,22);1H. The van der Waals surface area contributed by atoms with Crippen LogP contribution in [0, 0.1) is 5.92 Å². The Morgan fingerprint density at radius 1 is 1.15 bits per heavy atom. The lowest BCUT2D eigenvalue weighted by Crippen LogP contribution is -2.52. The Bertz CT molecular complexity index is 535. The molecule has 1 aromatic rings. The number of piperazine rings is 1. The molecule has 0 spiro atoms. The average molecular weight is 506 g/mol. The molecule has 0 amide bonds. The number of anilines is 1. The summed E-state index contributed by atoms with van der Waals surface area (Å²) in [5, 5.41) is 7.08. The van der Waals surface area contributed by atoms with Crippen LogP contribution in [-0.2, 0) is 0 Å². The fraction of sp³-hybridized carbons (Fsp3) is 0.750. The first-order valence-corrected chi connectivity index (χ1v) is 11.2. The van der Waals surface area contributed by atoms with E-state index in [4.69, 9.17) is 4.99 Å². The van der Waals surface area contributed by atoms with E-state index in [2.05, 4.69) is 51.4 Å². The highest BCUT2D eigenvalue weighted by molar-refractivity contribution is 14.0. The largest absolute Gasteiger partial charge is 0.360 e. The maximum atomic E-state index is 5.02. The normalized spacial score (nSPS) is 19.9. The third-order valence-corrected chi connectivity index (χ3v) is 6.41. The van der Waals surface area contributed by atoms with Crippen molar-refractivity contribution in [2.45, 2.75) is 33.1 Å². The van der Waals surface area contributed by atoms with E-state index in [0.717, 1.165) is 51.1 Å². The first-order chi connectivity index (χ1) is 12.8. The molecule has 0 unspecified atom stereocenters. The molecular weight excluding hydrogens is 469 g/mol. The number of halogens is 1. The van der Waals surface area contributed by atoms with Crippen LogP contribution in [-0.4, -0.2) is 74.7 Å². The number of thiophene rings is 1. The molecule has 2 aliphatic rings. The van der Waals surface area contributed by atoms with Gasteiger partial charge in [0.25, 0.3) is 0 Å². The quantitative estimate of drug-likeness (QED) is 0.364. The molecule has 3 rings (SSSR count). The minimum absolute atomic E-state index is 0. The van der Waals surface area contributed by atoms with Crippen molar-refractivity contribution in [3.05, 3.63) is 17.5 Å². The summed E-state index contributed by atoms with van der Waals surface area (Å²) < 4.78 is 0. The SMILES string of the molecule is CCCN1CCC(CN=C(NCC)N2CCN(c3cccs3)CC2)CC1.I. The molecule has 0 atom stereocenters. The average Bonchev–Trinajstić information content (AvgIpc) is 3.21. The highest BCUT2D eigenvalue weighted by Gasteiger charge is 2.22. The fourth-order valence-corrected chi connectivity index (χ4v) is 4.72. The van der Waals surface area contributed by atoms with E-state index >= 15 is 0 Å². The van der Waals surface area contributed by atoms with Crippen LogP contribution in [0.25, 0.3) is 0 Å². The van der Waals surface area contributed by atoms with Gasteiger partial charge in [-0.3, -0.25) is 4.99 Å². The van der Waals surface area contributed by atoms with Gasteiger partial charge >= 0.3 is 0 Å². The molecule has 0 aromatic carbocycles. The van der Waals surface area contributed by atoms with Crippen molar-refractivity contribution in [2.75, 3.05) is 63.8 Å². The van der Waals surface area contributed by atoms with Crippen LogP contribution >= 0.6 is 35.3 Å². The molecule has 5 nitrogen and oxygen atoms in total. The molecule has 0 saturated carbocycles. The smallest absolute Gasteiger partial charge is 0.194 e. The molecule has 2 fully saturated rings. The van der Waals surface area contributed by atoms with Crippen molar-refractivity contribution in [3.8, 4) is 0 Å². The Balaban J connectivity index is 0.00000261. The van der Waals surface area contributed by atoms with Gasteiger partial charge in [-0.25, -0.2) is 0 Å². The molecule has 1 aromatic heterocycles. The zero-order valence-corrected chi connectivity index (χ0v) is 20.0. The van der Waals surface area contributed by atoms with E-state index in [9.17, 15) is 0 Å². The van der Waals surface area contributed by atoms with Gasteiger partial charge in [0.15, 0.2) is 5.96 Å². The number of hydrogen-bond donors (Lipinski definition) is 1. The van der Waals surface area contributed by atoms with Crippen molar-refractivity contribution in [1.82, 2.24) is 15.1 Å². The molecule has 3 heterocycles. The molecule has 2 aliphatic heterocycles. The number of nitrogens with zero attached hydrogens (tertiary/aromatic N) is 4. The maximum Gasteiger partial charge on any atom is 0.194 e. The van der Waals surface area contributed by atoms with E-state index in [1.54, 1.807) is 0 Å². The zero-order valence-electron chi connectivity index (χ0n) is 16.9. The van der Waals surface area contributed by atoms with Gasteiger partial charge < -0.3 is 20.0 Å². The van der Waals surface area contributed by atoms with Crippen LogP contribution < -0.4 is 10.2 Å². The number of likely N-dealkylation sites (tertiary alicyclic amines) is 1. The van der Waals surface area contributed by atoms with Crippen molar-refractivity contribution in [2.24, 2.45) is 10.9 Å². The Morgan fingerprint density at radius 2 is 1.89 bits per heavy atom. The van der Waals surface area contributed by atoms with Crippen LogP contribution in [0.3, 0.4) is 0 Å². The van der Waals surface area contributed by atoms with Crippen molar-refractivity contribution >= 4 is 46.3 Å². The zero-order chi connectivity index (χ0) is 18.2. The number of hydrogen-bond acceptors (Lipinski definition) is 4. The van der Waals surface area contributed by atoms with Gasteiger partial charge in [0.2, 0.25) is 0 Å². The summed E-state index contributed by atoms with van der Waals surface area (Å²) in [6.45, 7) is 14.4. The summed E-state index contributed by atoms with van der Waals surface area (Å²) >= 11 is 1.84. The maximum absolute atomic E-state index is 5.02. The highest BCUT2D eigenvalue weighted by Crippen LogP contribution is 2.22. The number of rotatable bonds is 6. The first kappa shape index (κ1) is 22.7. The third kappa shape index (κ3) is 6.78. The summed E-state index contributed by atoms with van der Waals surface area (Å²) in [5.74, 6) is 1.87. The predicted octanol–water partition coefficient (Wildman–Crippen LogP) is 3.58. The molecule has 7 heteroatoms. The summed E-state index contributed by atoms with van der Waals surface area (Å²) in [6, 6.07) is 4.37. The minimum Gasteiger partial charge on any atom is -0.360 e. The Morgan fingerprint density at radius 3 is 2.48 bits per heavy atom. The molecule has 2 saturated heterocycles. The minimum atomic E-state index is 0. The van der Waals surface area contributed by atoms with Gasteiger partial charge in [-0.1, -0.05) is 6.92 Å². The van der Waals surface area contributed by atoms with E-state index in [0.29, 0.717) is 0 Å². The Hall–Kier alpha value is -0.540. The summed E-state index contributed by atoms with van der Waals surface area (Å²) in [5.41, 5.74) is 0. The van der Waals surface area contributed by atoms with Crippen molar-refractivity contribution < 1.29 is 0 Å². The van der Waals surface area contributed by atoms with Gasteiger partial charge in [0.05, 0.1) is 5.00 Å². The molecule has 154 valence electrons. The second-order valence-corrected chi connectivity index (χ2v) is 8.33. The van der Waals surface area contributed by atoms with Crippen LogP contribution in [0.1, 0.15) is 33.1 Å². The van der Waals surface area contributed by atoms with Crippen LogP contribution in [0.15, 0.2) is 22.5 Å². The monoisotopic (exact) mass is 505 g/mol. The lowest BCUT2D eigenvalue weighted by Gasteiger charge is -2.37. The molecule has 27 heavy (non-hydrogen) atoms. The topological polar surface area (TPSA) is 34.1 Å². The lowest BCUT2D eigenvalue weighted by molar-refractivity contribution is 0.188. The summed E-state index contributed by atoms with van der Waals surface area (Å²) in [4.78, 5) is 12.6. The second-order valence-electron chi connectivity index (χ2n) is 7.41. The van der Waals surface area contributed by atoms with E-state index in [1.165, 1.54) is 43.9 Å². The summed E-state index contributed by atoms with van der Waals surface area (Å²) in [7, 11) is 0. The van der Waals surface area contributed by atoms with Gasteiger partial charge in [-0.15, -0.1) is 35.3 Å². The fourth-order valence-electron chi connectivity index (χ4n) is 3.94. The van der Waals surface area contributed by atoms with Crippen molar-refractivity contribution in [3.63, 3.8) is 0 Å². The first-order valence-electron chi connectivity index (χ1n) is 10.3. The molecule has 0 radical (unpaired) electrons. The van der Waals surface area contributed by atoms with E-state index < -0.39 is 0 Å². The van der Waals surface area contributed by atoms with Crippen LogP contribution in [0.5, 0.6) is 0 Å². The Kier molecular flexibility index (Phi) is 10.2. The van der Waals surface area contributed by atoms with Crippen LogP contribution in [0.2, 0.25) is 0 Å². The highest BCUT2D eigenvalue weighted by atomic mass is 127. The summed E-state index contributed by atoms with van der Waals surface area (Å²) in [6.07, 6.45) is 3.87. The number of nitrogens with one attached hydrogen (secondary N) is 1. The molecule has 0 aliphatic carbocycles. The van der Waals surface area contributed by atoms with Gasteiger partial charge in [0, 0.05) is 39.3 Å². The van der Waals surface area contributed by atoms with Crippen LogP contribution in [0.4, 0.5) is 5.00 Å². The van der Waals surface area contributed by atoms with Gasteiger partial charge in [-0.05, 0) is 69.3 Å². The molecular formula is C20H36IN5S. The second kappa shape index (κ2) is 12.1. The Labute approximate surface area is 186 Å². The van der Waals surface area contributed by atoms with E-state index in [-0.39, 0.29) is 24.0 Å². The van der Waals surface area contributed by atoms with Gasteiger partial charge in [0.1, 0.15) is 0 Å². The number of guanidine groups is 1. The van der Waals surface area contributed by atoms with E-state index in [1.807, 2.05) is 11.3 Å². The molecule has 1 N–H and O–H groups in total. The number of aliphatic imine (C=N–C) groups is 1. The predicted molar refractivity (Wildman–Crippen MR) is 129 cm³/mol. The third-order valence-electron chi connectivity index (χ3n) is 5.48. The molecule has 0 bridgehead atoms. The van der Waals surface area contributed by atoms with Crippen molar-refractivity contribution in [1.29, 1.82) is 0 Å². The number of piperidine rings is 1. The van der Waals surface area contributed by atoms with Gasteiger partial charge in [-0.2, -0.15) is 0 Å².